The summed E-state index contributed by atoms with van der Waals surface area (Å²) in [4.78, 5) is 11.6. The zero-order valence-corrected chi connectivity index (χ0v) is 12.4. The number of hydrogen-bond donors (Lipinski definition) is 2. The summed E-state index contributed by atoms with van der Waals surface area (Å²) in [5.74, 6) is -0.325. The molecule has 0 aromatic heterocycles. The van der Waals surface area contributed by atoms with Crippen LogP contribution in [0.25, 0.3) is 0 Å². The number of nitrogens with two attached hydrogens (primary N) is 1. The lowest BCUT2D eigenvalue weighted by atomic mass is 9.89. The molecule has 1 aromatic carbocycles. The van der Waals surface area contributed by atoms with Crippen LogP contribution < -0.4 is 11.1 Å². The normalized spacial score (nSPS) is 16.9. The monoisotopic (exact) mass is 276 g/mol. The average Bonchev–Trinajstić information content (AvgIpc) is 2.85. The molecule has 0 aliphatic heterocycles. The van der Waals surface area contributed by atoms with Crippen molar-refractivity contribution in [1.29, 1.82) is 0 Å². The molecule has 0 radical (unpaired) electrons. The average molecular weight is 276 g/mol. The Kier molecular flexibility index (Phi) is 4.53. The second-order valence-corrected chi connectivity index (χ2v) is 5.89. The molecule has 20 heavy (non-hydrogen) atoms. The van der Waals surface area contributed by atoms with Crippen LogP contribution in [0, 0.1) is 5.41 Å². The van der Waals surface area contributed by atoms with E-state index in [1.165, 1.54) is 25.7 Å². The predicted molar refractivity (Wildman–Crippen MR) is 81.9 cm³/mol. The standard InChI is InChI=1S/C16H24N2O2/c1-3-20-15(19)12-6-7-14(13(17)10-12)18-11-16(2)8-4-5-9-16/h6-7,10,18H,3-5,8-9,11,17H2,1-2H3. The number of ether oxygens (including phenoxy) is 1. The van der Waals surface area contributed by atoms with Gasteiger partial charge >= 0.3 is 5.97 Å². The van der Waals surface area contributed by atoms with Crippen molar-refractivity contribution < 1.29 is 9.53 Å². The van der Waals surface area contributed by atoms with Gasteiger partial charge in [-0.05, 0) is 43.4 Å². The molecule has 1 aromatic rings. The van der Waals surface area contributed by atoms with Gasteiger partial charge in [0.25, 0.3) is 0 Å². The minimum absolute atomic E-state index is 0.325. The molecule has 0 atom stereocenters. The third-order valence-electron chi connectivity index (χ3n) is 4.08. The minimum Gasteiger partial charge on any atom is -0.462 e. The van der Waals surface area contributed by atoms with Crippen LogP contribution in [-0.2, 0) is 4.74 Å². The fourth-order valence-electron chi connectivity index (χ4n) is 2.78. The molecule has 0 unspecified atom stereocenters. The van der Waals surface area contributed by atoms with Crippen molar-refractivity contribution in [1.82, 2.24) is 0 Å². The second kappa shape index (κ2) is 6.16. The molecule has 0 spiro atoms. The lowest BCUT2D eigenvalue weighted by Gasteiger charge is -2.25. The van der Waals surface area contributed by atoms with Gasteiger partial charge in [0.15, 0.2) is 0 Å². The Balaban J connectivity index is 2.00. The molecule has 2 rings (SSSR count). The molecule has 1 aliphatic rings. The maximum Gasteiger partial charge on any atom is 0.338 e. The van der Waals surface area contributed by atoms with E-state index in [0.29, 0.717) is 23.3 Å². The van der Waals surface area contributed by atoms with Gasteiger partial charge in [-0.2, -0.15) is 0 Å². The Morgan fingerprint density at radius 2 is 2.10 bits per heavy atom. The van der Waals surface area contributed by atoms with Crippen LogP contribution in [0.3, 0.4) is 0 Å². The third-order valence-corrected chi connectivity index (χ3v) is 4.08. The molecule has 0 amide bonds. The summed E-state index contributed by atoms with van der Waals surface area (Å²) in [7, 11) is 0. The van der Waals surface area contributed by atoms with E-state index < -0.39 is 0 Å². The smallest absolute Gasteiger partial charge is 0.338 e. The Bertz CT molecular complexity index is 479. The van der Waals surface area contributed by atoms with Gasteiger partial charge in [0.2, 0.25) is 0 Å². The summed E-state index contributed by atoms with van der Waals surface area (Å²) >= 11 is 0. The number of nitrogen functional groups attached to an aromatic ring is 1. The first-order valence-corrected chi connectivity index (χ1v) is 7.34. The number of hydrogen-bond acceptors (Lipinski definition) is 4. The van der Waals surface area contributed by atoms with Crippen LogP contribution in [0.2, 0.25) is 0 Å². The van der Waals surface area contributed by atoms with E-state index in [1.807, 2.05) is 6.07 Å². The largest absolute Gasteiger partial charge is 0.462 e. The molecule has 110 valence electrons. The Hall–Kier alpha value is -1.71. The highest BCUT2D eigenvalue weighted by molar-refractivity contribution is 5.91. The molecule has 4 nitrogen and oxygen atoms in total. The summed E-state index contributed by atoms with van der Waals surface area (Å²) < 4.78 is 4.97. The van der Waals surface area contributed by atoms with E-state index in [1.54, 1.807) is 19.1 Å². The van der Waals surface area contributed by atoms with Crippen molar-refractivity contribution in [2.75, 3.05) is 24.2 Å². The van der Waals surface area contributed by atoms with E-state index in [9.17, 15) is 4.79 Å². The topological polar surface area (TPSA) is 64.3 Å². The van der Waals surface area contributed by atoms with Crippen LogP contribution >= 0.6 is 0 Å². The Labute approximate surface area is 120 Å². The Morgan fingerprint density at radius 1 is 1.40 bits per heavy atom. The summed E-state index contributed by atoms with van der Waals surface area (Å²) in [6.45, 7) is 5.41. The highest BCUT2D eigenvalue weighted by Crippen LogP contribution is 2.37. The maximum absolute atomic E-state index is 11.6. The fourth-order valence-corrected chi connectivity index (χ4v) is 2.78. The van der Waals surface area contributed by atoms with E-state index in [0.717, 1.165) is 12.2 Å². The zero-order chi connectivity index (χ0) is 14.6. The molecular weight excluding hydrogens is 252 g/mol. The summed E-state index contributed by atoms with van der Waals surface area (Å²) in [5.41, 5.74) is 8.37. The van der Waals surface area contributed by atoms with Crippen molar-refractivity contribution in [3.05, 3.63) is 23.8 Å². The van der Waals surface area contributed by atoms with Crippen LogP contribution in [0.5, 0.6) is 0 Å². The zero-order valence-electron chi connectivity index (χ0n) is 12.4. The Morgan fingerprint density at radius 3 is 2.70 bits per heavy atom. The van der Waals surface area contributed by atoms with E-state index in [2.05, 4.69) is 12.2 Å². The number of carbonyl (C=O) groups is 1. The molecule has 0 bridgehead atoms. The number of rotatable bonds is 5. The lowest BCUT2D eigenvalue weighted by molar-refractivity contribution is 0.0526. The van der Waals surface area contributed by atoms with Crippen molar-refractivity contribution in [3.63, 3.8) is 0 Å². The molecule has 0 saturated heterocycles. The number of anilines is 2. The number of benzene rings is 1. The molecule has 1 aliphatic carbocycles. The van der Waals surface area contributed by atoms with Gasteiger partial charge in [0.05, 0.1) is 23.5 Å². The van der Waals surface area contributed by atoms with Gasteiger partial charge in [-0.1, -0.05) is 19.8 Å². The summed E-state index contributed by atoms with van der Waals surface area (Å²) in [5, 5.41) is 3.42. The quantitative estimate of drug-likeness (QED) is 0.638. The van der Waals surface area contributed by atoms with Gasteiger partial charge < -0.3 is 15.8 Å². The van der Waals surface area contributed by atoms with Gasteiger partial charge in [-0.25, -0.2) is 4.79 Å². The fraction of sp³-hybridized carbons (Fsp3) is 0.562. The first kappa shape index (κ1) is 14.7. The third kappa shape index (κ3) is 3.44. The van der Waals surface area contributed by atoms with Crippen molar-refractivity contribution in [3.8, 4) is 0 Å². The van der Waals surface area contributed by atoms with Gasteiger partial charge in [0.1, 0.15) is 0 Å². The van der Waals surface area contributed by atoms with Gasteiger partial charge in [-0.3, -0.25) is 0 Å². The van der Waals surface area contributed by atoms with Gasteiger partial charge in [0, 0.05) is 6.54 Å². The molecular formula is C16H24N2O2. The van der Waals surface area contributed by atoms with Crippen LogP contribution in [0.1, 0.15) is 49.9 Å². The molecule has 3 N–H and O–H groups in total. The van der Waals surface area contributed by atoms with Gasteiger partial charge in [-0.15, -0.1) is 0 Å². The van der Waals surface area contributed by atoms with E-state index in [-0.39, 0.29) is 5.97 Å². The number of esters is 1. The maximum atomic E-state index is 11.6. The number of nitrogens with one attached hydrogen (secondary N) is 1. The first-order valence-electron chi connectivity index (χ1n) is 7.34. The lowest BCUT2D eigenvalue weighted by Crippen LogP contribution is -2.23. The van der Waals surface area contributed by atoms with Crippen molar-refractivity contribution >= 4 is 17.3 Å². The highest BCUT2D eigenvalue weighted by Gasteiger charge is 2.28. The van der Waals surface area contributed by atoms with Crippen LogP contribution in [0.4, 0.5) is 11.4 Å². The SMILES string of the molecule is CCOC(=O)c1ccc(NCC2(C)CCCC2)c(N)c1. The van der Waals surface area contributed by atoms with Crippen LogP contribution in [0.15, 0.2) is 18.2 Å². The van der Waals surface area contributed by atoms with Crippen molar-refractivity contribution in [2.45, 2.75) is 39.5 Å². The van der Waals surface area contributed by atoms with E-state index in [4.69, 9.17) is 10.5 Å². The molecule has 1 saturated carbocycles. The van der Waals surface area contributed by atoms with Crippen molar-refractivity contribution in [2.24, 2.45) is 5.41 Å². The molecule has 4 heteroatoms. The van der Waals surface area contributed by atoms with E-state index >= 15 is 0 Å². The van der Waals surface area contributed by atoms with Crippen LogP contribution in [-0.4, -0.2) is 19.1 Å². The summed E-state index contributed by atoms with van der Waals surface area (Å²) in [6, 6.07) is 5.30. The predicted octanol–water partition coefficient (Wildman–Crippen LogP) is 3.44. The molecule has 0 heterocycles. The molecule has 1 fully saturated rings. The number of carbonyl (C=O) groups excluding carboxylic acids is 1. The summed E-state index contributed by atoms with van der Waals surface area (Å²) in [6.07, 6.45) is 5.16. The minimum atomic E-state index is -0.325. The highest BCUT2D eigenvalue weighted by atomic mass is 16.5. The first-order chi connectivity index (χ1) is 9.54. The second-order valence-electron chi connectivity index (χ2n) is 5.89.